The van der Waals surface area contributed by atoms with E-state index < -0.39 is 0 Å². The second kappa shape index (κ2) is 19.4. The van der Waals surface area contributed by atoms with Crippen LogP contribution in [-0.4, -0.2) is 20.0 Å². The van der Waals surface area contributed by atoms with Gasteiger partial charge < -0.3 is 9.47 Å². The molecule has 0 N–H and O–H groups in total. The van der Waals surface area contributed by atoms with E-state index in [1.807, 2.05) is 0 Å². The Morgan fingerprint density at radius 1 is 0.619 bits per heavy atom. The molecular formula is C19H36O2. The number of unbranched alkanes of at least 4 members (excludes halogenated alkanes) is 7. The lowest BCUT2D eigenvalue weighted by atomic mass is 10.2. The van der Waals surface area contributed by atoms with Crippen molar-refractivity contribution in [2.75, 3.05) is 20.0 Å². The zero-order chi connectivity index (χ0) is 15.4. The third-order valence-corrected chi connectivity index (χ3v) is 3.33. The largest absolute Gasteiger partial charge is 0.355 e. The summed E-state index contributed by atoms with van der Waals surface area (Å²) in [6.07, 6.45) is 21.1. The Balaban J connectivity index is 3.08. The first-order chi connectivity index (χ1) is 10.4. The summed E-state index contributed by atoms with van der Waals surface area (Å²) in [7, 11) is 0. The molecule has 0 aromatic rings. The number of hydrogen-bond donors (Lipinski definition) is 0. The van der Waals surface area contributed by atoms with Crippen molar-refractivity contribution in [2.24, 2.45) is 0 Å². The van der Waals surface area contributed by atoms with Crippen LogP contribution < -0.4 is 0 Å². The van der Waals surface area contributed by atoms with Gasteiger partial charge >= 0.3 is 0 Å². The van der Waals surface area contributed by atoms with Crippen LogP contribution in [-0.2, 0) is 9.47 Å². The maximum atomic E-state index is 5.45. The zero-order valence-electron chi connectivity index (χ0n) is 14.3. The van der Waals surface area contributed by atoms with Crippen LogP contribution in [0.1, 0.15) is 78.1 Å². The predicted octanol–water partition coefficient (Wildman–Crippen LogP) is 6.03. The Morgan fingerprint density at radius 3 is 1.81 bits per heavy atom. The average Bonchev–Trinajstić information content (AvgIpc) is 2.50. The quantitative estimate of drug-likeness (QED) is 0.197. The third kappa shape index (κ3) is 19.4. The summed E-state index contributed by atoms with van der Waals surface area (Å²) >= 11 is 0. The topological polar surface area (TPSA) is 18.5 Å². The highest BCUT2D eigenvalue weighted by molar-refractivity contribution is 5.02. The highest BCUT2D eigenvalue weighted by Crippen LogP contribution is 2.00. The van der Waals surface area contributed by atoms with Crippen molar-refractivity contribution in [3.8, 4) is 0 Å². The maximum absolute atomic E-state index is 5.45. The van der Waals surface area contributed by atoms with E-state index in [4.69, 9.17) is 9.47 Å². The predicted molar refractivity (Wildman–Crippen MR) is 92.6 cm³/mol. The summed E-state index contributed by atoms with van der Waals surface area (Å²) < 4.78 is 10.9. The van der Waals surface area contributed by atoms with Crippen molar-refractivity contribution >= 4 is 0 Å². The van der Waals surface area contributed by atoms with Crippen LogP contribution in [0, 0.1) is 0 Å². The Kier molecular flexibility index (Phi) is 18.8. The summed E-state index contributed by atoms with van der Waals surface area (Å²) in [5, 5.41) is 0. The molecule has 0 spiro atoms. The van der Waals surface area contributed by atoms with E-state index in [9.17, 15) is 0 Å². The Morgan fingerprint density at radius 2 is 1.19 bits per heavy atom. The van der Waals surface area contributed by atoms with Crippen LogP contribution >= 0.6 is 0 Å². The Labute approximate surface area is 132 Å². The van der Waals surface area contributed by atoms with Gasteiger partial charge in [0.1, 0.15) is 6.79 Å². The fourth-order valence-corrected chi connectivity index (χ4v) is 1.95. The Bertz CT molecular complexity index is 234. The van der Waals surface area contributed by atoms with Gasteiger partial charge in [-0.2, -0.15) is 0 Å². The van der Waals surface area contributed by atoms with Gasteiger partial charge in [-0.05, 0) is 32.1 Å². The minimum absolute atomic E-state index is 0.460. The summed E-state index contributed by atoms with van der Waals surface area (Å²) in [4.78, 5) is 0. The number of rotatable bonds is 16. The van der Waals surface area contributed by atoms with Crippen molar-refractivity contribution in [3.63, 3.8) is 0 Å². The molecule has 21 heavy (non-hydrogen) atoms. The summed E-state index contributed by atoms with van der Waals surface area (Å²) in [6.45, 7) is 6.57. The molecule has 0 aliphatic rings. The van der Waals surface area contributed by atoms with Crippen molar-refractivity contribution in [3.05, 3.63) is 24.3 Å². The molecule has 0 amide bonds. The molecule has 0 bridgehead atoms. The fraction of sp³-hybridized carbons (Fsp3) is 0.789. The van der Waals surface area contributed by atoms with E-state index >= 15 is 0 Å². The van der Waals surface area contributed by atoms with E-state index in [0.717, 1.165) is 32.5 Å². The van der Waals surface area contributed by atoms with Gasteiger partial charge in [-0.3, -0.25) is 0 Å². The molecule has 0 rings (SSSR count). The van der Waals surface area contributed by atoms with Crippen molar-refractivity contribution in [2.45, 2.75) is 78.1 Å². The molecule has 0 saturated heterocycles. The van der Waals surface area contributed by atoms with E-state index in [1.165, 1.54) is 44.9 Å². The first-order valence-electron chi connectivity index (χ1n) is 8.89. The van der Waals surface area contributed by atoms with Gasteiger partial charge in [-0.1, -0.05) is 70.3 Å². The van der Waals surface area contributed by atoms with Gasteiger partial charge in [-0.25, -0.2) is 0 Å². The van der Waals surface area contributed by atoms with Crippen LogP contribution in [0.3, 0.4) is 0 Å². The van der Waals surface area contributed by atoms with E-state index in [2.05, 4.69) is 38.2 Å². The van der Waals surface area contributed by atoms with Crippen LogP contribution in [0.2, 0.25) is 0 Å². The lowest BCUT2D eigenvalue weighted by molar-refractivity contribution is -0.0554. The molecule has 0 saturated carbocycles. The summed E-state index contributed by atoms with van der Waals surface area (Å²) in [6, 6.07) is 0. The summed E-state index contributed by atoms with van der Waals surface area (Å²) in [5.41, 5.74) is 0. The minimum atomic E-state index is 0.460. The molecule has 124 valence electrons. The second-order valence-electron chi connectivity index (χ2n) is 5.49. The van der Waals surface area contributed by atoms with Gasteiger partial charge in [0.15, 0.2) is 0 Å². The smallest absolute Gasteiger partial charge is 0.146 e. The molecule has 0 aliphatic heterocycles. The first-order valence-corrected chi connectivity index (χ1v) is 8.89. The first kappa shape index (κ1) is 20.4. The average molecular weight is 296 g/mol. The maximum Gasteiger partial charge on any atom is 0.146 e. The standard InChI is InChI=1S/C19H36O2/c1-3-5-7-9-10-11-12-13-14-16-18-21-19-20-17-15-8-6-4-2/h9-12H,3-8,13-19H2,1-2H3/b10-9-,12-11+. The highest BCUT2D eigenvalue weighted by Gasteiger charge is 1.91. The summed E-state index contributed by atoms with van der Waals surface area (Å²) in [5.74, 6) is 0. The molecule has 0 aromatic carbocycles. The lowest BCUT2D eigenvalue weighted by Crippen LogP contribution is -2.02. The molecule has 0 aliphatic carbocycles. The molecule has 0 fully saturated rings. The molecule has 0 heterocycles. The van der Waals surface area contributed by atoms with Gasteiger partial charge in [0.05, 0.1) is 0 Å². The molecule has 0 radical (unpaired) electrons. The molecule has 0 unspecified atom stereocenters. The van der Waals surface area contributed by atoms with Gasteiger partial charge in [0.2, 0.25) is 0 Å². The molecule has 0 atom stereocenters. The second-order valence-corrected chi connectivity index (χ2v) is 5.49. The monoisotopic (exact) mass is 296 g/mol. The highest BCUT2D eigenvalue weighted by atomic mass is 16.7. The lowest BCUT2D eigenvalue weighted by Gasteiger charge is -2.05. The number of hydrogen-bond acceptors (Lipinski definition) is 2. The van der Waals surface area contributed by atoms with Crippen LogP contribution in [0.4, 0.5) is 0 Å². The minimum Gasteiger partial charge on any atom is -0.355 e. The number of ether oxygens (including phenoxy) is 2. The van der Waals surface area contributed by atoms with Crippen LogP contribution in [0.15, 0.2) is 24.3 Å². The van der Waals surface area contributed by atoms with Crippen LogP contribution in [0.25, 0.3) is 0 Å². The van der Waals surface area contributed by atoms with Crippen molar-refractivity contribution < 1.29 is 9.47 Å². The molecule has 2 heteroatoms. The van der Waals surface area contributed by atoms with E-state index in [-0.39, 0.29) is 0 Å². The SMILES string of the molecule is CCCC/C=C\C=C\CCCCOCOCCCCCC. The van der Waals surface area contributed by atoms with Crippen molar-refractivity contribution in [1.29, 1.82) is 0 Å². The third-order valence-electron chi connectivity index (χ3n) is 3.33. The normalized spacial score (nSPS) is 11.9. The van der Waals surface area contributed by atoms with E-state index in [0.29, 0.717) is 6.79 Å². The van der Waals surface area contributed by atoms with Crippen molar-refractivity contribution in [1.82, 2.24) is 0 Å². The molecular weight excluding hydrogens is 260 g/mol. The van der Waals surface area contributed by atoms with Crippen LogP contribution in [0.5, 0.6) is 0 Å². The van der Waals surface area contributed by atoms with Gasteiger partial charge in [0.25, 0.3) is 0 Å². The van der Waals surface area contributed by atoms with Gasteiger partial charge in [-0.15, -0.1) is 0 Å². The van der Waals surface area contributed by atoms with E-state index in [1.54, 1.807) is 0 Å². The zero-order valence-corrected chi connectivity index (χ0v) is 14.3. The fourth-order valence-electron chi connectivity index (χ4n) is 1.95. The Hall–Kier alpha value is -0.600. The van der Waals surface area contributed by atoms with Gasteiger partial charge in [0, 0.05) is 13.2 Å². The molecule has 2 nitrogen and oxygen atoms in total. The molecule has 0 aromatic heterocycles. The number of allylic oxidation sites excluding steroid dienone is 4.